The minimum absolute atomic E-state index is 0. The van der Waals surface area contributed by atoms with Crippen molar-refractivity contribution in [3.8, 4) is 5.75 Å². The van der Waals surface area contributed by atoms with Crippen LogP contribution in [0.25, 0.3) is 0 Å². The van der Waals surface area contributed by atoms with E-state index in [-0.39, 0.29) is 24.0 Å². The minimum atomic E-state index is 0. The highest BCUT2D eigenvalue weighted by Gasteiger charge is 1.98. The monoisotopic (exact) mass is 474 g/mol. The summed E-state index contributed by atoms with van der Waals surface area (Å²) in [7, 11) is 0. The number of guanidine groups is 1. The average Bonchev–Trinajstić information content (AvgIpc) is 2.61. The summed E-state index contributed by atoms with van der Waals surface area (Å²) in [4.78, 5) is 8.58. The van der Waals surface area contributed by atoms with E-state index < -0.39 is 0 Å². The van der Waals surface area contributed by atoms with Gasteiger partial charge >= 0.3 is 0 Å². The molecule has 0 spiro atoms. The van der Waals surface area contributed by atoms with Crippen molar-refractivity contribution >= 4 is 41.5 Å². The molecule has 0 bridgehead atoms. The van der Waals surface area contributed by atoms with Crippen LogP contribution in [-0.2, 0) is 6.42 Å². The van der Waals surface area contributed by atoms with Gasteiger partial charge in [-0.2, -0.15) is 0 Å². The normalized spacial score (nSPS) is 10.7. The number of nitrogens with zero attached hydrogens (tertiary/aromatic N) is 2. The number of hydrogen-bond donors (Lipinski definition) is 2. The summed E-state index contributed by atoms with van der Waals surface area (Å²) in [6.45, 7) is 4.79. The number of halogens is 2. The van der Waals surface area contributed by atoms with Crippen LogP contribution in [0.15, 0.2) is 53.8 Å². The number of hydrogen-bond acceptors (Lipinski definition) is 3. The number of rotatable bonds is 8. The Labute approximate surface area is 171 Å². The lowest BCUT2D eigenvalue weighted by molar-refractivity contribution is 0.320. The molecule has 25 heavy (non-hydrogen) atoms. The molecule has 136 valence electrons. The summed E-state index contributed by atoms with van der Waals surface area (Å²) in [5.74, 6) is 1.56. The molecular formula is C18H24ClIN4O. The zero-order valence-electron chi connectivity index (χ0n) is 14.2. The van der Waals surface area contributed by atoms with Crippen LogP contribution in [0, 0.1) is 0 Å². The van der Waals surface area contributed by atoms with Gasteiger partial charge in [0.1, 0.15) is 12.4 Å². The van der Waals surface area contributed by atoms with Crippen molar-refractivity contribution in [1.29, 1.82) is 0 Å². The van der Waals surface area contributed by atoms with E-state index in [1.807, 2.05) is 43.3 Å². The molecule has 0 saturated carbocycles. The molecule has 2 N–H and O–H groups in total. The van der Waals surface area contributed by atoms with Crippen LogP contribution in [0.1, 0.15) is 12.5 Å². The Morgan fingerprint density at radius 2 is 2.00 bits per heavy atom. The fourth-order valence-corrected chi connectivity index (χ4v) is 2.19. The molecule has 2 aromatic rings. The van der Waals surface area contributed by atoms with Gasteiger partial charge in [-0.05, 0) is 43.2 Å². The van der Waals surface area contributed by atoms with Gasteiger partial charge in [0.25, 0.3) is 0 Å². The van der Waals surface area contributed by atoms with Gasteiger partial charge in [0.2, 0.25) is 0 Å². The van der Waals surface area contributed by atoms with Gasteiger partial charge in [-0.3, -0.25) is 9.98 Å². The summed E-state index contributed by atoms with van der Waals surface area (Å²) in [6.07, 6.45) is 4.30. The summed E-state index contributed by atoms with van der Waals surface area (Å²) < 4.78 is 5.60. The lowest BCUT2D eigenvalue weighted by atomic mass is 10.1. The third-order valence-electron chi connectivity index (χ3n) is 3.23. The Morgan fingerprint density at radius 1 is 1.20 bits per heavy atom. The highest BCUT2D eigenvalue weighted by molar-refractivity contribution is 14.0. The zero-order valence-corrected chi connectivity index (χ0v) is 17.3. The summed E-state index contributed by atoms with van der Waals surface area (Å²) in [5, 5.41) is 7.24. The van der Waals surface area contributed by atoms with Crippen LogP contribution in [0.5, 0.6) is 5.75 Å². The first kappa shape index (κ1) is 21.5. The molecule has 0 atom stereocenters. The van der Waals surface area contributed by atoms with Crippen molar-refractivity contribution < 1.29 is 4.74 Å². The molecule has 1 aromatic carbocycles. The third kappa shape index (κ3) is 8.92. The molecule has 0 fully saturated rings. The van der Waals surface area contributed by atoms with E-state index in [1.165, 1.54) is 5.56 Å². The second-order valence-corrected chi connectivity index (χ2v) is 5.54. The lowest BCUT2D eigenvalue weighted by Gasteiger charge is -2.12. The maximum Gasteiger partial charge on any atom is 0.191 e. The fraction of sp³-hybridized carbons (Fsp3) is 0.333. The lowest BCUT2D eigenvalue weighted by Crippen LogP contribution is -2.39. The van der Waals surface area contributed by atoms with Crippen molar-refractivity contribution in [3.05, 3.63) is 59.4 Å². The maximum absolute atomic E-state index is 5.89. The number of aromatic nitrogens is 1. The Balaban J connectivity index is 0.00000312. The van der Waals surface area contributed by atoms with Crippen LogP contribution < -0.4 is 15.4 Å². The van der Waals surface area contributed by atoms with Gasteiger partial charge in [0, 0.05) is 24.3 Å². The zero-order chi connectivity index (χ0) is 17.0. The van der Waals surface area contributed by atoms with Crippen molar-refractivity contribution in [3.63, 3.8) is 0 Å². The van der Waals surface area contributed by atoms with E-state index >= 15 is 0 Å². The van der Waals surface area contributed by atoms with E-state index in [0.717, 1.165) is 29.7 Å². The summed E-state index contributed by atoms with van der Waals surface area (Å²) in [5.41, 5.74) is 1.22. The molecule has 0 aliphatic rings. The second-order valence-electron chi connectivity index (χ2n) is 5.10. The van der Waals surface area contributed by atoms with Crippen molar-refractivity contribution in [1.82, 2.24) is 15.6 Å². The van der Waals surface area contributed by atoms with Crippen LogP contribution >= 0.6 is 35.6 Å². The highest BCUT2D eigenvalue weighted by atomic mass is 127. The first-order valence-electron chi connectivity index (χ1n) is 8.07. The van der Waals surface area contributed by atoms with Gasteiger partial charge in [0.05, 0.1) is 12.7 Å². The van der Waals surface area contributed by atoms with Gasteiger partial charge in [-0.25, -0.2) is 0 Å². The number of pyridine rings is 1. The Bertz CT molecular complexity index is 623. The highest BCUT2D eigenvalue weighted by Crippen LogP contribution is 2.09. The Morgan fingerprint density at radius 3 is 2.68 bits per heavy atom. The topological polar surface area (TPSA) is 58.5 Å². The largest absolute Gasteiger partial charge is 0.490 e. The van der Waals surface area contributed by atoms with Gasteiger partial charge in [-0.1, -0.05) is 23.7 Å². The standard InChI is InChI=1S/C18H23ClN4O.HI/c1-2-21-18(22-11-9-15-5-7-16(19)8-6-15)23-12-13-24-17-4-3-10-20-14-17;/h3-8,10,14H,2,9,11-13H2,1H3,(H2,21,22,23);1H. The van der Waals surface area contributed by atoms with Crippen LogP contribution in [0.2, 0.25) is 5.02 Å². The maximum atomic E-state index is 5.89. The van der Waals surface area contributed by atoms with E-state index in [1.54, 1.807) is 12.4 Å². The molecule has 2 rings (SSSR count). The minimum Gasteiger partial charge on any atom is -0.490 e. The van der Waals surface area contributed by atoms with E-state index in [2.05, 4.69) is 20.6 Å². The second kappa shape index (κ2) is 12.8. The molecule has 7 heteroatoms. The quantitative estimate of drug-likeness (QED) is 0.266. The van der Waals surface area contributed by atoms with Gasteiger partial charge in [0.15, 0.2) is 5.96 Å². The predicted molar refractivity (Wildman–Crippen MR) is 114 cm³/mol. The first-order chi connectivity index (χ1) is 11.8. The molecule has 1 heterocycles. The molecular weight excluding hydrogens is 451 g/mol. The van der Waals surface area contributed by atoms with Crippen molar-refractivity contribution in [2.45, 2.75) is 13.3 Å². The third-order valence-corrected chi connectivity index (χ3v) is 3.48. The van der Waals surface area contributed by atoms with Crippen molar-refractivity contribution in [2.24, 2.45) is 4.99 Å². The molecule has 5 nitrogen and oxygen atoms in total. The molecule has 0 saturated heterocycles. The molecule has 0 unspecified atom stereocenters. The summed E-state index contributed by atoms with van der Waals surface area (Å²) >= 11 is 5.89. The van der Waals surface area contributed by atoms with E-state index in [4.69, 9.17) is 16.3 Å². The van der Waals surface area contributed by atoms with E-state index in [0.29, 0.717) is 19.7 Å². The number of benzene rings is 1. The number of ether oxygens (including phenoxy) is 1. The van der Waals surface area contributed by atoms with Crippen LogP contribution in [-0.4, -0.2) is 37.2 Å². The first-order valence-corrected chi connectivity index (χ1v) is 8.45. The number of aliphatic imine (C=N–C) groups is 1. The SMILES string of the molecule is CCNC(=NCCc1ccc(Cl)cc1)NCCOc1cccnc1.I. The molecule has 0 aliphatic heterocycles. The summed E-state index contributed by atoms with van der Waals surface area (Å²) in [6, 6.07) is 11.6. The van der Waals surface area contributed by atoms with Crippen LogP contribution in [0.3, 0.4) is 0 Å². The van der Waals surface area contributed by atoms with Gasteiger partial charge < -0.3 is 15.4 Å². The molecule has 0 radical (unpaired) electrons. The molecule has 0 aliphatic carbocycles. The van der Waals surface area contributed by atoms with Crippen LogP contribution in [0.4, 0.5) is 0 Å². The number of nitrogens with one attached hydrogen (secondary N) is 2. The average molecular weight is 475 g/mol. The van der Waals surface area contributed by atoms with E-state index in [9.17, 15) is 0 Å². The predicted octanol–water partition coefficient (Wildman–Crippen LogP) is 3.53. The fourth-order valence-electron chi connectivity index (χ4n) is 2.06. The smallest absolute Gasteiger partial charge is 0.191 e. The van der Waals surface area contributed by atoms with Gasteiger partial charge in [-0.15, -0.1) is 24.0 Å². The Hall–Kier alpha value is -1.54. The molecule has 0 amide bonds. The van der Waals surface area contributed by atoms with Crippen molar-refractivity contribution in [2.75, 3.05) is 26.2 Å². The Kier molecular flexibility index (Phi) is 11.0. The molecule has 1 aromatic heterocycles.